The number of para-hydroxylation sites is 1. The number of methoxy groups -OCH3 is 1. The van der Waals surface area contributed by atoms with Crippen LogP contribution in [0.4, 0.5) is 4.79 Å². The molecule has 7 nitrogen and oxygen atoms in total. The van der Waals surface area contributed by atoms with E-state index in [1.54, 1.807) is 31.2 Å². The van der Waals surface area contributed by atoms with E-state index in [0.717, 1.165) is 0 Å². The number of carbonyl (C=O) groups excluding carboxylic acids is 1. The first-order valence-corrected chi connectivity index (χ1v) is 5.60. The van der Waals surface area contributed by atoms with Gasteiger partial charge in [-0.25, -0.2) is 4.79 Å². The lowest BCUT2D eigenvalue weighted by molar-refractivity contribution is -0.0192. The quantitative estimate of drug-likeness (QED) is 0.798. The van der Waals surface area contributed by atoms with Gasteiger partial charge in [-0.15, -0.1) is 0 Å². The van der Waals surface area contributed by atoms with Crippen molar-refractivity contribution in [1.29, 1.82) is 0 Å². The van der Waals surface area contributed by atoms with Crippen LogP contribution in [0, 0.1) is 0 Å². The first-order valence-electron chi connectivity index (χ1n) is 5.60. The second kappa shape index (κ2) is 5.49. The van der Waals surface area contributed by atoms with Crippen molar-refractivity contribution in [3.05, 3.63) is 30.3 Å². The van der Waals surface area contributed by atoms with E-state index in [2.05, 4.69) is 20.6 Å². The number of hydrogen-bond acceptors (Lipinski definition) is 6. The molecule has 2 rings (SSSR count). The minimum absolute atomic E-state index is 0.421. The van der Waals surface area contributed by atoms with Gasteiger partial charge in [0.25, 0.3) is 0 Å². The van der Waals surface area contributed by atoms with Crippen LogP contribution >= 0.6 is 0 Å². The highest BCUT2D eigenvalue weighted by Gasteiger charge is 2.33. The molecule has 0 bridgehead atoms. The van der Waals surface area contributed by atoms with E-state index in [0.29, 0.717) is 11.6 Å². The number of hydrogen-bond donors (Lipinski definition) is 2. The highest BCUT2D eigenvalue weighted by atomic mass is 16.6. The molecule has 19 heavy (non-hydrogen) atoms. The third-order valence-corrected chi connectivity index (χ3v) is 2.34. The SMILES string of the molecule is COC1(NC(=O)Oc2ccccc2)N=CNC(C)=N1. The van der Waals surface area contributed by atoms with E-state index in [4.69, 9.17) is 9.47 Å². The van der Waals surface area contributed by atoms with Crippen molar-refractivity contribution in [2.45, 2.75) is 12.9 Å². The van der Waals surface area contributed by atoms with Gasteiger partial charge in [-0.05, 0) is 19.1 Å². The Bertz CT molecular complexity index is 515. The van der Waals surface area contributed by atoms with Crippen molar-refractivity contribution in [3.8, 4) is 5.75 Å². The van der Waals surface area contributed by atoms with Gasteiger partial charge in [0.05, 0.1) is 6.34 Å². The van der Waals surface area contributed by atoms with Crippen LogP contribution in [-0.4, -0.2) is 31.4 Å². The molecule has 1 aromatic carbocycles. The standard InChI is InChI=1S/C12H14N4O3/c1-9-13-8-14-12(15-9,18-2)16-11(17)19-10-6-4-3-5-7-10/h3-8H,1-2H3,(H,16,17)(H,13,14,15). The number of nitrogens with zero attached hydrogens (tertiary/aromatic N) is 2. The predicted octanol–water partition coefficient (Wildman–Crippen LogP) is 1.08. The van der Waals surface area contributed by atoms with Gasteiger partial charge in [-0.1, -0.05) is 18.2 Å². The van der Waals surface area contributed by atoms with Gasteiger partial charge in [0.1, 0.15) is 11.6 Å². The Morgan fingerprint density at radius 1 is 1.37 bits per heavy atom. The number of amides is 1. The van der Waals surface area contributed by atoms with E-state index >= 15 is 0 Å². The third-order valence-electron chi connectivity index (χ3n) is 2.34. The molecule has 0 radical (unpaired) electrons. The van der Waals surface area contributed by atoms with Gasteiger partial charge < -0.3 is 14.8 Å². The second-order valence-electron chi connectivity index (χ2n) is 3.74. The smallest absolute Gasteiger partial charge is 0.410 e. The molecule has 0 spiro atoms. The molecule has 0 aliphatic carbocycles. The Morgan fingerprint density at radius 3 is 2.74 bits per heavy atom. The monoisotopic (exact) mass is 262 g/mol. The Morgan fingerprint density at radius 2 is 2.11 bits per heavy atom. The molecular formula is C12H14N4O3. The number of amidine groups is 1. The highest BCUT2D eigenvalue weighted by molar-refractivity contribution is 5.91. The Hall–Kier alpha value is -2.41. The van der Waals surface area contributed by atoms with Gasteiger partial charge >= 0.3 is 12.1 Å². The lowest BCUT2D eigenvalue weighted by Gasteiger charge is -2.26. The summed E-state index contributed by atoms with van der Waals surface area (Å²) < 4.78 is 10.2. The molecule has 100 valence electrons. The lowest BCUT2D eigenvalue weighted by Crippen LogP contribution is -2.51. The number of nitrogens with one attached hydrogen (secondary N) is 2. The van der Waals surface area contributed by atoms with Crippen LogP contribution < -0.4 is 15.4 Å². The van der Waals surface area contributed by atoms with E-state index in [1.165, 1.54) is 13.4 Å². The molecule has 2 N–H and O–H groups in total. The van der Waals surface area contributed by atoms with E-state index in [9.17, 15) is 4.79 Å². The molecule has 1 heterocycles. The maximum Gasteiger partial charge on any atom is 0.417 e. The van der Waals surface area contributed by atoms with Gasteiger partial charge in [0, 0.05) is 7.11 Å². The Labute approximate surface area is 110 Å². The minimum Gasteiger partial charge on any atom is -0.410 e. The van der Waals surface area contributed by atoms with Crippen LogP contribution in [0.15, 0.2) is 40.3 Å². The lowest BCUT2D eigenvalue weighted by atomic mass is 10.3. The summed E-state index contributed by atoms with van der Waals surface area (Å²) in [5, 5.41) is 5.23. The van der Waals surface area contributed by atoms with Crippen molar-refractivity contribution >= 4 is 18.3 Å². The summed E-state index contributed by atoms with van der Waals surface area (Å²) in [5.74, 6) is -0.497. The molecule has 7 heteroatoms. The number of aliphatic imine (C=N–C) groups is 2. The van der Waals surface area contributed by atoms with Crippen LogP contribution in [0.1, 0.15) is 6.92 Å². The minimum atomic E-state index is -1.48. The fourth-order valence-corrected chi connectivity index (χ4v) is 1.47. The maximum atomic E-state index is 11.8. The van der Waals surface area contributed by atoms with Crippen molar-refractivity contribution < 1.29 is 14.3 Å². The second-order valence-corrected chi connectivity index (χ2v) is 3.74. The summed E-state index contributed by atoms with van der Waals surface area (Å²) in [5.41, 5.74) is 0. The molecule has 0 fully saturated rings. The van der Waals surface area contributed by atoms with Crippen LogP contribution in [0.25, 0.3) is 0 Å². The average Bonchev–Trinajstić information content (AvgIpc) is 2.39. The molecular weight excluding hydrogens is 248 g/mol. The number of benzene rings is 1. The van der Waals surface area contributed by atoms with Crippen LogP contribution in [0.3, 0.4) is 0 Å². The van der Waals surface area contributed by atoms with Crippen molar-refractivity contribution in [1.82, 2.24) is 10.6 Å². The molecule has 0 saturated carbocycles. The summed E-state index contributed by atoms with van der Waals surface area (Å²) in [6.07, 6.45) is 0.692. The van der Waals surface area contributed by atoms with Crippen molar-refractivity contribution in [2.24, 2.45) is 9.98 Å². The average molecular weight is 262 g/mol. The van der Waals surface area contributed by atoms with Gasteiger partial charge in [-0.2, -0.15) is 9.98 Å². The maximum absolute atomic E-state index is 11.8. The largest absolute Gasteiger partial charge is 0.417 e. The molecule has 1 unspecified atom stereocenters. The summed E-state index contributed by atoms with van der Waals surface area (Å²) in [6.45, 7) is 1.73. The first kappa shape index (κ1) is 13.0. The normalized spacial score (nSPS) is 21.3. The Kier molecular flexibility index (Phi) is 3.76. The summed E-state index contributed by atoms with van der Waals surface area (Å²) in [6, 6.07) is 8.68. The van der Waals surface area contributed by atoms with E-state index in [1.807, 2.05) is 6.07 Å². The van der Waals surface area contributed by atoms with Gasteiger partial charge in [0.15, 0.2) is 0 Å². The summed E-state index contributed by atoms with van der Waals surface area (Å²) >= 11 is 0. The molecule has 0 aromatic heterocycles. The topological polar surface area (TPSA) is 84.3 Å². The molecule has 1 aliphatic rings. The molecule has 1 atom stereocenters. The Balaban J connectivity index is 2.05. The van der Waals surface area contributed by atoms with Crippen LogP contribution in [0.5, 0.6) is 5.75 Å². The van der Waals surface area contributed by atoms with Crippen LogP contribution in [-0.2, 0) is 4.74 Å². The van der Waals surface area contributed by atoms with Crippen molar-refractivity contribution in [2.75, 3.05) is 7.11 Å². The van der Waals surface area contributed by atoms with Gasteiger partial charge in [0.2, 0.25) is 0 Å². The van der Waals surface area contributed by atoms with E-state index in [-0.39, 0.29) is 0 Å². The first-order chi connectivity index (χ1) is 9.13. The summed E-state index contributed by atoms with van der Waals surface area (Å²) in [7, 11) is 1.39. The number of ether oxygens (including phenoxy) is 2. The fraction of sp³-hybridized carbons (Fsp3) is 0.250. The highest BCUT2D eigenvalue weighted by Crippen LogP contribution is 2.14. The van der Waals surface area contributed by atoms with Gasteiger partial charge in [-0.3, -0.25) is 5.32 Å². The third kappa shape index (κ3) is 3.29. The zero-order chi connectivity index (χ0) is 13.7. The summed E-state index contributed by atoms with van der Waals surface area (Å²) in [4.78, 5) is 19.8. The van der Waals surface area contributed by atoms with Crippen molar-refractivity contribution in [3.63, 3.8) is 0 Å². The molecule has 1 aromatic rings. The molecule has 1 amide bonds. The van der Waals surface area contributed by atoms with E-state index < -0.39 is 12.1 Å². The number of carbonyl (C=O) groups is 1. The zero-order valence-corrected chi connectivity index (χ0v) is 10.6. The zero-order valence-electron chi connectivity index (χ0n) is 10.6. The molecule has 1 aliphatic heterocycles. The number of rotatable bonds is 3. The molecule has 0 saturated heterocycles. The fourth-order valence-electron chi connectivity index (χ4n) is 1.47. The predicted molar refractivity (Wildman–Crippen MR) is 70.1 cm³/mol. The van der Waals surface area contributed by atoms with Crippen LogP contribution in [0.2, 0.25) is 0 Å².